The minimum Gasteiger partial charge on any atom is -0.481 e. The van der Waals surface area contributed by atoms with Crippen LogP contribution in [0.15, 0.2) is 24.3 Å². The maximum atomic E-state index is 11.1. The van der Waals surface area contributed by atoms with Crippen molar-refractivity contribution in [1.29, 1.82) is 0 Å². The Morgan fingerprint density at radius 2 is 1.81 bits per heavy atom. The van der Waals surface area contributed by atoms with Gasteiger partial charge in [-0.1, -0.05) is 6.58 Å². The Hall–Kier alpha value is -2.11. The van der Waals surface area contributed by atoms with E-state index in [-0.39, 0.29) is 25.0 Å². The molecule has 0 aliphatic heterocycles. The van der Waals surface area contributed by atoms with Crippen LogP contribution in [0, 0.1) is 0 Å². The second-order valence-electron chi connectivity index (χ2n) is 2.84. The minimum absolute atomic E-state index is 0.0107. The Morgan fingerprint density at radius 1 is 1.19 bits per heavy atom. The number of hydrogen-bond acceptors (Lipinski definition) is 4. The number of rotatable bonds is 7. The van der Waals surface area contributed by atoms with Crippen LogP contribution in [-0.2, 0) is 19.1 Å². The highest BCUT2D eigenvalue weighted by Gasteiger charge is 2.09. The van der Waals surface area contributed by atoms with Crippen molar-refractivity contribution in [3.63, 3.8) is 0 Å². The number of hydrogen-bond donors (Lipinski definition) is 2. The molecule has 0 spiro atoms. The second-order valence-corrected chi connectivity index (χ2v) is 2.84. The Morgan fingerprint density at radius 3 is 2.31 bits per heavy atom. The highest BCUT2D eigenvalue weighted by atomic mass is 16.5. The third kappa shape index (κ3) is 7.31. The molecule has 0 rings (SSSR count). The molecule has 0 aromatic heterocycles. The van der Waals surface area contributed by atoms with Gasteiger partial charge in [-0.3, -0.25) is 4.79 Å². The Balaban J connectivity index is 3.84. The minimum atomic E-state index is -1.14. The molecule has 0 aliphatic rings. The number of carboxylic acid groups (broad SMARTS) is 2. The fraction of sp³-hybridized carbons (Fsp3) is 0.300. The summed E-state index contributed by atoms with van der Waals surface area (Å²) in [5, 5.41) is 16.6. The van der Waals surface area contributed by atoms with Crippen molar-refractivity contribution in [3.8, 4) is 0 Å². The summed E-state index contributed by atoms with van der Waals surface area (Å²) in [6.45, 7) is 3.18. The molecule has 6 nitrogen and oxygen atoms in total. The number of ether oxygens (including phenoxy) is 1. The molecule has 0 fully saturated rings. The molecule has 6 heteroatoms. The quantitative estimate of drug-likeness (QED) is 0.488. The molecule has 16 heavy (non-hydrogen) atoms. The zero-order chi connectivity index (χ0) is 12.6. The summed E-state index contributed by atoms with van der Waals surface area (Å²) in [4.78, 5) is 31.3. The van der Waals surface area contributed by atoms with Crippen LogP contribution in [0.5, 0.6) is 0 Å². The molecule has 0 atom stereocenters. The molecule has 2 N–H and O–H groups in total. The van der Waals surface area contributed by atoms with E-state index in [0.29, 0.717) is 0 Å². The van der Waals surface area contributed by atoms with Gasteiger partial charge in [0.25, 0.3) is 0 Å². The van der Waals surface area contributed by atoms with Gasteiger partial charge in [0.2, 0.25) is 0 Å². The summed E-state index contributed by atoms with van der Waals surface area (Å²) < 4.78 is 4.60. The Bertz CT molecular complexity index is 328. The lowest BCUT2D eigenvalue weighted by atomic mass is 10.2. The zero-order valence-corrected chi connectivity index (χ0v) is 8.51. The number of carbonyl (C=O) groups is 3. The molecular formula is C10H12O6. The molecule has 88 valence electrons. The zero-order valence-electron chi connectivity index (χ0n) is 8.51. The molecule has 0 aromatic rings. The van der Waals surface area contributed by atoms with E-state index in [1.54, 1.807) is 0 Å². The van der Waals surface area contributed by atoms with E-state index in [1.165, 1.54) is 0 Å². The van der Waals surface area contributed by atoms with Crippen LogP contribution in [0.1, 0.15) is 12.8 Å². The van der Waals surface area contributed by atoms with E-state index in [9.17, 15) is 14.4 Å². The lowest BCUT2D eigenvalue weighted by Crippen LogP contribution is -2.09. The predicted octanol–water partition coefficient (Wildman–Crippen LogP) is 0.591. The van der Waals surface area contributed by atoms with Crippen molar-refractivity contribution in [2.45, 2.75) is 12.8 Å². The largest absolute Gasteiger partial charge is 0.481 e. The van der Waals surface area contributed by atoms with Gasteiger partial charge in [-0.05, 0) is 12.5 Å². The highest BCUT2D eigenvalue weighted by molar-refractivity contribution is 5.88. The standard InChI is InChI=1S/C10H12O6/c1-7(4-5-9(13)14)10(15)16-6-2-3-8(11)12/h2-3H,1,4-6H2,(H,11,12)(H,13,14). The fourth-order valence-corrected chi connectivity index (χ4v) is 0.735. The highest BCUT2D eigenvalue weighted by Crippen LogP contribution is 2.04. The average Bonchev–Trinajstić information content (AvgIpc) is 2.20. The summed E-state index contributed by atoms with van der Waals surface area (Å²) in [6, 6.07) is 0. The lowest BCUT2D eigenvalue weighted by Gasteiger charge is -2.03. The molecular weight excluding hydrogens is 216 g/mol. The van der Waals surface area contributed by atoms with Crippen molar-refractivity contribution < 1.29 is 29.3 Å². The van der Waals surface area contributed by atoms with E-state index in [1.807, 2.05) is 0 Å². The van der Waals surface area contributed by atoms with Gasteiger partial charge in [0.15, 0.2) is 0 Å². The van der Waals surface area contributed by atoms with Crippen LogP contribution in [-0.4, -0.2) is 34.7 Å². The summed E-state index contributed by atoms with van der Waals surface area (Å²) in [5.41, 5.74) is 0.0473. The number of aliphatic carboxylic acids is 2. The smallest absolute Gasteiger partial charge is 0.333 e. The van der Waals surface area contributed by atoms with Crippen LogP contribution in [0.25, 0.3) is 0 Å². The van der Waals surface area contributed by atoms with Crippen LogP contribution in [0.4, 0.5) is 0 Å². The maximum Gasteiger partial charge on any atom is 0.333 e. The van der Waals surface area contributed by atoms with Crippen molar-refractivity contribution in [3.05, 3.63) is 24.3 Å². The summed E-state index contributed by atoms with van der Waals surface area (Å²) in [7, 11) is 0. The van der Waals surface area contributed by atoms with E-state index in [0.717, 1.165) is 12.2 Å². The van der Waals surface area contributed by atoms with Gasteiger partial charge in [0.05, 0.1) is 0 Å². The number of carboxylic acids is 2. The predicted molar refractivity (Wildman–Crippen MR) is 53.7 cm³/mol. The van der Waals surface area contributed by atoms with E-state index >= 15 is 0 Å². The second kappa shape index (κ2) is 7.22. The first-order valence-electron chi connectivity index (χ1n) is 4.39. The third-order valence-corrected chi connectivity index (χ3v) is 1.50. The molecule has 0 heterocycles. The first-order valence-corrected chi connectivity index (χ1v) is 4.39. The summed E-state index contributed by atoms with van der Waals surface area (Å²) in [5.74, 6) is -2.89. The van der Waals surface area contributed by atoms with E-state index < -0.39 is 17.9 Å². The number of carbonyl (C=O) groups excluding carboxylic acids is 1. The van der Waals surface area contributed by atoms with Gasteiger partial charge in [-0.25, -0.2) is 9.59 Å². The van der Waals surface area contributed by atoms with Gasteiger partial charge in [0.1, 0.15) is 6.61 Å². The van der Waals surface area contributed by atoms with E-state index in [2.05, 4.69) is 11.3 Å². The monoisotopic (exact) mass is 228 g/mol. The molecule has 0 saturated heterocycles. The van der Waals surface area contributed by atoms with Gasteiger partial charge in [-0.15, -0.1) is 0 Å². The molecule has 0 aliphatic carbocycles. The molecule has 0 bridgehead atoms. The third-order valence-electron chi connectivity index (χ3n) is 1.50. The van der Waals surface area contributed by atoms with Gasteiger partial charge < -0.3 is 14.9 Å². The fourth-order valence-electron chi connectivity index (χ4n) is 0.735. The Kier molecular flexibility index (Phi) is 6.27. The molecule has 0 aromatic carbocycles. The maximum absolute atomic E-state index is 11.1. The Labute approximate surface area is 91.8 Å². The van der Waals surface area contributed by atoms with Crippen molar-refractivity contribution in [2.24, 2.45) is 0 Å². The summed E-state index contributed by atoms with van der Waals surface area (Å²) in [6.07, 6.45) is 1.81. The molecule has 0 amide bonds. The van der Waals surface area contributed by atoms with Crippen molar-refractivity contribution >= 4 is 17.9 Å². The first kappa shape index (κ1) is 13.9. The van der Waals surface area contributed by atoms with E-state index in [4.69, 9.17) is 10.2 Å². The lowest BCUT2D eigenvalue weighted by molar-refractivity contribution is -0.139. The van der Waals surface area contributed by atoms with Crippen LogP contribution in [0.2, 0.25) is 0 Å². The van der Waals surface area contributed by atoms with Crippen molar-refractivity contribution in [1.82, 2.24) is 0 Å². The van der Waals surface area contributed by atoms with Gasteiger partial charge in [-0.2, -0.15) is 0 Å². The molecule has 0 radical (unpaired) electrons. The summed E-state index contributed by atoms with van der Waals surface area (Å²) >= 11 is 0. The van der Waals surface area contributed by atoms with Crippen molar-refractivity contribution in [2.75, 3.05) is 6.61 Å². The SMILES string of the molecule is C=C(CCC(=O)O)C(=O)OCC=CC(=O)O. The van der Waals surface area contributed by atoms with Crippen LogP contribution in [0.3, 0.4) is 0 Å². The normalized spacial score (nSPS) is 10.0. The molecule has 0 saturated carbocycles. The van der Waals surface area contributed by atoms with Crippen LogP contribution < -0.4 is 0 Å². The molecule has 0 unspecified atom stereocenters. The van der Waals surface area contributed by atoms with Gasteiger partial charge in [0, 0.05) is 18.1 Å². The average molecular weight is 228 g/mol. The topological polar surface area (TPSA) is 101 Å². The van der Waals surface area contributed by atoms with Crippen LogP contribution >= 0.6 is 0 Å². The van der Waals surface area contributed by atoms with Gasteiger partial charge >= 0.3 is 17.9 Å². The number of esters is 1. The first-order chi connectivity index (χ1) is 7.43.